The van der Waals surface area contributed by atoms with Gasteiger partial charge in [-0.3, -0.25) is 4.98 Å². The van der Waals surface area contributed by atoms with Crippen LogP contribution in [0, 0.1) is 0 Å². The van der Waals surface area contributed by atoms with Crippen LogP contribution in [0.25, 0.3) is 10.9 Å². The molecule has 1 heterocycles. The first kappa shape index (κ1) is 13.0. The van der Waals surface area contributed by atoms with Gasteiger partial charge in [0.2, 0.25) is 0 Å². The molecule has 18 heavy (non-hydrogen) atoms. The van der Waals surface area contributed by atoms with Gasteiger partial charge >= 0.3 is 0 Å². The molecule has 2 N–H and O–H groups in total. The van der Waals surface area contributed by atoms with Crippen molar-refractivity contribution in [1.29, 1.82) is 0 Å². The smallest absolute Gasteiger partial charge is 0.0705 e. The molecule has 2 aromatic rings. The maximum Gasteiger partial charge on any atom is 0.0705 e. The highest BCUT2D eigenvalue weighted by Crippen LogP contribution is 2.16. The summed E-state index contributed by atoms with van der Waals surface area (Å²) >= 11 is 0. The number of nitrogens with one attached hydrogen (secondary N) is 1. The molecule has 0 aliphatic rings. The van der Waals surface area contributed by atoms with Crippen LogP contribution in [0.4, 0.5) is 0 Å². The van der Waals surface area contributed by atoms with Gasteiger partial charge < -0.3 is 10.4 Å². The molecule has 1 aromatic carbocycles. The van der Waals surface area contributed by atoms with Crippen molar-refractivity contribution in [2.75, 3.05) is 6.61 Å². The number of rotatable bonds is 6. The highest BCUT2D eigenvalue weighted by molar-refractivity contribution is 5.81. The minimum absolute atomic E-state index is 0.268. The lowest BCUT2D eigenvalue weighted by atomic mass is 10.1. The lowest BCUT2D eigenvalue weighted by Crippen LogP contribution is -2.25. The Kier molecular flexibility index (Phi) is 4.67. The molecule has 0 bridgehead atoms. The first-order chi connectivity index (χ1) is 8.81. The van der Waals surface area contributed by atoms with Crippen molar-refractivity contribution < 1.29 is 5.11 Å². The molecular formula is C15H20N2O. The summed E-state index contributed by atoms with van der Waals surface area (Å²) in [4.78, 5) is 4.36. The van der Waals surface area contributed by atoms with Gasteiger partial charge in [-0.15, -0.1) is 0 Å². The largest absolute Gasteiger partial charge is 0.396 e. The van der Waals surface area contributed by atoms with E-state index in [0.29, 0.717) is 6.04 Å². The normalized spacial score (nSPS) is 12.8. The molecule has 1 unspecified atom stereocenters. The second kappa shape index (κ2) is 6.47. The van der Waals surface area contributed by atoms with E-state index in [1.165, 1.54) is 10.9 Å². The Morgan fingerprint density at radius 2 is 2.11 bits per heavy atom. The lowest BCUT2D eigenvalue weighted by Gasteiger charge is -2.14. The monoisotopic (exact) mass is 244 g/mol. The van der Waals surface area contributed by atoms with E-state index < -0.39 is 0 Å². The van der Waals surface area contributed by atoms with Gasteiger partial charge in [-0.25, -0.2) is 0 Å². The molecule has 0 fully saturated rings. The van der Waals surface area contributed by atoms with Crippen molar-refractivity contribution in [3.8, 4) is 0 Å². The van der Waals surface area contributed by atoms with Gasteiger partial charge in [-0.05, 0) is 37.5 Å². The number of nitrogens with zero attached hydrogens (tertiary/aromatic N) is 1. The average Bonchev–Trinajstić information content (AvgIpc) is 2.42. The molecule has 0 amide bonds. The van der Waals surface area contributed by atoms with E-state index in [9.17, 15) is 0 Å². The number of hydrogen-bond acceptors (Lipinski definition) is 3. The molecule has 0 radical (unpaired) electrons. The summed E-state index contributed by atoms with van der Waals surface area (Å²) < 4.78 is 0. The zero-order valence-electron chi connectivity index (χ0n) is 10.8. The van der Waals surface area contributed by atoms with Gasteiger partial charge in [0, 0.05) is 30.8 Å². The summed E-state index contributed by atoms with van der Waals surface area (Å²) in [6.07, 6.45) is 3.71. The van der Waals surface area contributed by atoms with E-state index in [-0.39, 0.29) is 6.61 Å². The number of hydrogen-bond donors (Lipinski definition) is 2. The second-order valence-corrected chi connectivity index (χ2v) is 4.64. The molecule has 96 valence electrons. The summed E-state index contributed by atoms with van der Waals surface area (Å²) in [6, 6.07) is 10.7. The fourth-order valence-electron chi connectivity index (χ4n) is 2.09. The molecular weight excluding hydrogens is 224 g/mol. The number of benzene rings is 1. The number of aliphatic hydroxyl groups is 1. The van der Waals surface area contributed by atoms with Gasteiger partial charge in [0.05, 0.1) is 5.52 Å². The number of para-hydroxylation sites is 1. The Hall–Kier alpha value is -1.45. The Bertz CT molecular complexity index is 493. The molecule has 0 saturated carbocycles. The summed E-state index contributed by atoms with van der Waals surface area (Å²) in [6.45, 7) is 3.26. The Balaban J connectivity index is 2.03. The van der Waals surface area contributed by atoms with E-state index in [0.717, 1.165) is 24.9 Å². The summed E-state index contributed by atoms with van der Waals surface area (Å²) in [5.74, 6) is 0. The van der Waals surface area contributed by atoms with Crippen LogP contribution in [-0.4, -0.2) is 22.7 Å². The summed E-state index contributed by atoms with van der Waals surface area (Å²) in [7, 11) is 0. The van der Waals surface area contributed by atoms with Crippen LogP contribution in [0.5, 0.6) is 0 Å². The lowest BCUT2D eigenvalue weighted by molar-refractivity contribution is 0.276. The fourth-order valence-corrected chi connectivity index (χ4v) is 2.09. The van der Waals surface area contributed by atoms with Crippen molar-refractivity contribution in [1.82, 2.24) is 10.3 Å². The number of fused-ring (bicyclic) bond motifs is 1. The van der Waals surface area contributed by atoms with E-state index in [4.69, 9.17) is 5.11 Å². The average molecular weight is 244 g/mol. The van der Waals surface area contributed by atoms with Gasteiger partial charge in [-0.1, -0.05) is 18.2 Å². The molecule has 2 rings (SSSR count). The zero-order valence-corrected chi connectivity index (χ0v) is 10.8. The Morgan fingerprint density at radius 3 is 2.94 bits per heavy atom. The number of pyridine rings is 1. The van der Waals surface area contributed by atoms with Crippen molar-refractivity contribution in [2.45, 2.75) is 32.4 Å². The van der Waals surface area contributed by atoms with Crippen molar-refractivity contribution in [3.05, 3.63) is 42.1 Å². The molecule has 1 atom stereocenters. The summed E-state index contributed by atoms with van der Waals surface area (Å²) in [5, 5.41) is 13.5. The molecule has 3 heteroatoms. The first-order valence-electron chi connectivity index (χ1n) is 6.48. The van der Waals surface area contributed by atoms with Crippen molar-refractivity contribution in [3.63, 3.8) is 0 Å². The van der Waals surface area contributed by atoms with Crippen LogP contribution in [-0.2, 0) is 6.54 Å². The van der Waals surface area contributed by atoms with Gasteiger partial charge in [0.25, 0.3) is 0 Å². The van der Waals surface area contributed by atoms with Gasteiger partial charge in [-0.2, -0.15) is 0 Å². The Morgan fingerprint density at radius 1 is 1.28 bits per heavy atom. The van der Waals surface area contributed by atoms with Crippen LogP contribution in [0.2, 0.25) is 0 Å². The van der Waals surface area contributed by atoms with Crippen molar-refractivity contribution in [2.24, 2.45) is 0 Å². The summed E-state index contributed by atoms with van der Waals surface area (Å²) in [5.41, 5.74) is 2.32. The van der Waals surface area contributed by atoms with Crippen LogP contribution in [0.1, 0.15) is 25.3 Å². The predicted molar refractivity (Wildman–Crippen MR) is 74.4 cm³/mol. The third-order valence-corrected chi connectivity index (χ3v) is 3.18. The standard InChI is InChI=1S/C15H20N2O/c1-12(5-4-10-18)17-11-13-8-9-16-15-7-3-2-6-14(13)15/h2-3,6-9,12,17-18H,4-5,10-11H2,1H3. The maximum atomic E-state index is 8.81. The fraction of sp³-hybridized carbons (Fsp3) is 0.400. The highest BCUT2D eigenvalue weighted by atomic mass is 16.2. The first-order valence-corrected chi connectivity index (χ1v) is 6.48. The van der Waals surface area contributed by atoms with E-state index in [2.05, 4.69) is 29.4 Å². The molecule has 0 aliphatic heterocycles. The predicted octanol–water partition coefficient (Wildman–Crippen LogP) is 2.49. The van der Waals surface area contributed by atoms with Crippen molar-refractivity contribution >= 4 is 10.9 Å². The minimum Gasteiger partial charge on any atom is -0.396 e. The number of aromatic nitrogens is 1. The topological polar surface area (TPSA) is 45.1 Å². The van der Waals surface area contributed by atoms with Gasteiger partial charge in [0.15, 0.2) is 0 Å². The Labute approximate surface area is 108 Å². The molecule has 0 spiro atoms. The molecule has 1 aromatic heterocycles. The zero-order chi connectivity index (χ0) is 12.8. The van der Waals surface area contributed by atoms with Crippen LogP contribution < -0.4 is 5.32 Å². The maximum absolute atomic E-state index is 8.81. The minimum atomic E-state index is 0.268. The van der Waals surface area contributed by atoms with Crippen LogP contribution in [0.15, 0.2) is 36.5 Å². The van der Waals surface area contributed by atoms with Crippen LogP contribution >= 0.6 is 0 Å². The number of aliphatic hydroxyl groups excluding tert-OH is 1. The van der Waals surface area contributed by atoms with E-state index in [1.54, 1.807) is 0 Å². The third kappa shape index (κ3) is 3.28. The van der Waals surface area contributed by atoms with E-state index >= 15 is 0 Å². The van der Waals surface area contributed by atoms with Crippen LogP contribution in [0.3, 0.4) is 0 Å². The molecule has 0 aliphatic carbocycles. The molecule has 3 nitrogen and oxygen atoms in total. The van der Waals surface area contributed by atoms with Gasteiger partial charge in [0.1, 0.15) is 0 Å². The quantitative estimate of drug-likeness (QED) is 0.820. The highest BCUT2D eigenvalue weighted by Gasteiger charge is 2.04. The van der Waals surface area contributed by atoms with E-state index in [1.807, 2.05) is 24.4 Å². The SMILES string of the molecule is CC(CCCO)NCc1ccnc2ccccc12. The third-order valence-electron chi connectivity index (χ3n) is 3.18. The second-order valence-electron chi connectivity index (χ2n) is 4.64. The molecule has 0 saturated heterocycles.